The van der Waals surface area contributed by atoms with E-state index in [0.29, 0.717) is 0 Å². The average Bonchev–Trinajstić information content (AvgIpc) is 2.40. The number of carbonyl (C=O) groups excluding carboxylic acids is 3. The van der Waals surface area contributed by atoms with Crippen LogP contribution in [-0.4, -0.2) is 35.7 Å². The zero-order valence-electron chi connectivity index (χ0n) is 12.6. The zero-order chi connectivity index (χ0) is 16.1. The van der Waals surface area contributed by atoms with Gasteiger partial charge in [0.2, 0.25) is 0 Å². The first kappa shape index (κ1) is 18.3. The van der Waals surface area contributed by atoms with Crippen molar-refractivity contribution in [2.24, 2.45) is 17.3 Å². The van der Waals surface area contributed by atoms with Gasteiger partial charge in [0.15, 0.2) is 5.78 Å². The second kappa shape index (κ2) is 7.17. The second-order valence-electron chi connectivity index (χ2n) is 5.15. The number of aliphatic carboxylic acids is 1. The van der Waals surface area contributed by atoms with Crippen LogP contribution in [0.25, 0.3) is 0 Å². The van der Waals surface area contributed by atoms with Gasteiger partial charge in [-0.3, -0.25) is 19.2 Å². The summed E-state index contributed by atoms with van der Waals surface area (Å²) in [6.07, 6.45) is -0.158. The Kier molecular flexibility index (Phi) is 6.55. The predicted octanol–water partition coefficient (Wildman–Crippen LogP) is 1.46. The second-order valence-corrected chi connectivity index (χ2v) is 5.15. The van der Waals surface area contributed by atoms with Crippen molar-refractivity contribution in [3.63, 3.8) is 0 Å². The molecule has 0 saturated heterocycles. The number of methoxy groups -OCH3 is 1. The normalized spacial score (nSPS) is 16.6. The van der Waals surface area contributed by atoms with Gasteiger partial charge in [0.25, 0.3) is 0 Å². The number of ketones is 2. The summed E-state index contributed by atoms with van der Waals surface area (Å²) >= 11 is 0. The summed E-state index contributed by atoms with van der Waals surface area (Å²) in [7, 11) is 1.18. The molecule has 0 aromatic carbocycles. The van der Waals surface area contributed by atoms with Gasteiger partial charge in [0.05, 0.1) is 13.0 Å². The molecule has 0 bridgehead atoms. The molecule has 0 aromatic heterocycles. The molecule has 114 valence electrons. The van der Waals surface area contributed by atoms with Gasteiger partial charge in [-0.05, 0) is 20.3 Å². The van der Waals surface area contributed by atoms with Crippen LogP contribution in [-0.2, 0) is 23.9 Å². The lowest BCUT2D eigenvalue weighted by atomic mass is 9.76. The number of carboxylic acids is 1. The van der Waals surface area contributed by atoms with Crippen molar-refractivity contribution >= 4 is 23.5 Å². The average molecular weight is 286 g/mol. The van der Waals surface area contributed by atoms with Crippen LogP contribution in [0, 0.1) is 17.3 Å². The number of carboxylic acid groups (broad SMARTS) is 1. The number of hydrogen-bond acceptors (Lipinski definition) is 5. The van der Waals surface area contributed by atoms with Crippen LogP contribution < -0.4 is 0 Å². The minimum Gasteiger partial charge on any atom is -0.481 e. The molecule has 0 amide bonds. The van der Waals surface area contributed by atoms with E-state index < -0.39 is 35.0 Å². The van der Waals surface area contributed by atoms with Crippen molar-refractivity contribution in [1.82, 2.24) is 0 Å². The highest BCUT2D eigenvalue weighted by Crippen LogP contribution is 2.29. The first-order valence-corrected chi connectivity index (χ1v) is 6.46. The van der Waals surface area contributed by atoms with Gasteiger partial charge < -0.3 is 9.84 Å². The van der Waals surface area contributed by atoms with E-state index in [-0.39, 0.29) is 18.6 Å². The summed E-state index contributed by atoms with van der Waals surface area (Å²) in [6, 6.07) is 0. The van der Waals surface area contributed by atoms with E-state index in [1.165, 1.54) is 27.9 Å². The predicted molar refractivity (Wildman–Crippen MR) is 71.0 cm³/mol. The number of rotatable bonds is 8. The summed E-state index contributed by atoms with van der Waals surface area (Å²) in [5.74, 6) is -4.64. The van der Waals surface area contributed by atoms with Crippen LogP contribution in [0.4, 0.5) is 0 Å². The van der Waals surface area contributed by atoms with Gasteiger partial charge in [-0.2, -0.15) is 0 Å². The highest BCUT2D eigenvalue weighted by Gasteiger charge is 2.43. The molecular weight excluding hydrogens is 264 g/mol. The molecule has 0 radical (unpaired) electrons. The maximum absolute atomic E-state index is 12.3. The summed E-state index contributed by atoms with van der Waals surface area (Å²) in [5, 5.41) is 9.16. The van der Waals surface area contributed by atoms with E-state index >= 15 is 0 Å². The van der Waals surface area contributed by atoms with Crippen molar-refractivity contribution in [1.29, 1.82) is 0 Å². The molecule has 0 rings (SSSR count). The molecule has 0 aromatic rings. The number of hydrogen-bond donors (Lipinski definition) is 1. The molecule has 6 heteroatoms. The quantitative estimate of drug-likeness (QED) is 0.536. The van der Waals surface area contributed by atoms with Crippen molar-refractivity contribution in [3.8, 4) is 0 Å². The number of carbonyl (C=O) groups is 4. The van der Waals surface area contributed by atoms with E-state index in [0.717, 1.165) is 0 Å². The van der Waals surface area contributed by atoms with E-state index in [2.05, 4.69) is 4.74 Å². The molecule has 0 saturated carbocycles. The van der Waals surface area contributed by atoms with E-state index in [1.54, 1.807) is 6.92 Å². The first-order valence-electron chi connectivity index (χ1n) is 6.46. The molecule has 1 N–H and O–H groups in total. The lowest BCUT2D eigenvalue weighted by Gasteiger charge is -2.26. The Bertz CT molecular complexity index is 414. The summed E-state index contributed by atoms with van der Waals surface area (Å²) < 4.78 is 4.60. The topological polar surface area (TPSA) is 97.7 Å². The molecule has 0 aliphatic rings. The molecular formula is C14H22O6. The number of ether oxygens (including phenoxy) is 1. The maximum Gasteiger partial charge on any atom is 0.319 e. The van der Waals surface area contributed by atoms with Crippen LogP contribution in [0.15, 0.2) is 0 Å². The lowest BCUT2D eigenvalue weighted by molar-refractivity contribution is -0.159. The fraction of sp³-hybridized carbons (Fsp3) is 0.714. The minimum atomic E-state index is -1.38. The third-order valence-electron chi connectivity index (χ3n) is 3.93. The van der Waals surface area contributed by atoms with Crippen molar-refractivity contribution in [3.05, 3.63) is 0 Å². The fourth-order valence-electron chi connectivity index (χ4n) is 1.87. The number of esters is 1. The van der Waals surface area contributed by atoms with Crippen molar-refractivity contribution < 1.29 is 29.0 Å². The molecule has 0 aliphatic heterocycles. The molecule has 20 heavy (non-hydrogen) atoms. The third kappa shape index (κ3) is 3.88. The largest absolute Gasteiger partial charge is 0.481 e. The van der Waals surface area contributed by atoms with Crippen molar-refractivity contribution in [2.75, 3.05) is 7.11 Å². The van der Waals surface area contributed by atoms with E-state index in [4.69, 9.17) is 5.11 Å². The Morgan fingerprint density at radius 1 is 1.25 bits per heavy atom. The van der Waals surface area contributed by atoms with Crippen molar-refractivity contribution in [2.45, 2.75) is 40.5 Å². The van der Waals surface area contributed by atoms with Gasteiger partial charge in [-0.25, -0.2) is 0 Å². The molecule has 0 heterocycles. The molecule has 0 fully saturated rings. The zero-order valence-corrected chi connectivity index (χ0v) is 12.6. The van der Waals surface area contributed by atoms with Crippen LogP contribution in [0.5, 0.6) is 0 Å². The van der Waals surface area contributed by atoms with E-state index in [9.17, 15) is 19.2 Å². The minimum absolute atomic E-state index is 0.208. The van der Waals surface area contributed by atoms with E-state index in [1.807, 2.05) is 0 Å². The molecule has 0 spiro atoms. The van der Waals surface area contributed by atoms with Gasteiger partial charge >= 0.3 is 11.9 Å². The van der Waals surface area contributed by atoms with Gasteiger partial charge in [-0.15, -0.1) is 0 Å². The van der Waals surface area contributed by atoms with Gasteiger partial charge in [0, 0.05) is 12.3 Å². The standard InChI is InChI=1S/C14H22O6/c1-6-14(4,13(19)20-5)11(16)7-10(12(17)18)8(2)9(3)15/h8,10H,6-7H2,1-5H3,(H,17,18). The highest BCUT2D eigenvalue weighted by molar-refractivity contribution is 6.04. The first-order chi connectivity index (χ1) is 9.11. The lowest BCUT2D eigenvalue weighted by Crippen LogP contribution is -2.40. The van der Waals surface area contributed by atoms with Gasteiger partial charge in [-0.1, -0.05) is 13.8 Å². The Labute approximate surface area is 118 Å². The fourth-order valence-corrected chi connectivity index (χ4v) is 1.87. The molecule has 3 unspecified atom stereocenters. The van der Waals surface area contributed by atoms with Gasteiger partial charge in [0.1, 0.15) is 11.2 Å². The monoisotopic (exact) mass is 286 g/mol. The molecule has 3 atom stereocenters. The highest BCUT2D eigenvalue weighted by atomic mass is 16.5. The van der Waals surface area contributed by atoms with Crippen LogP contribution in [0.1, 0.15) is 40.5 Å². The Balaban J connectivity index is 5.24. The smallest absolute Gasteiger partial charge is 0.319 e. The summed E-state index contributed by atoms with van der Waals surface area (Å²) in [4.78, 5) is 46.5. The summed E-state index contributed by atoms with van der Waals surface area (Å²) in [6.45, 7) is 5.83. The SMILES string of the molecule is CCC(C)(C(=O)CC(C(=O)O)C(C)C(C)=O)C(=O)OC. The molecule has 0 aliphatic carbocycles. The Hall–Kier alpha value is -1.72. The molecule has 6 nitrogen and oxygen atoms in total. The Morgan fingerprint density at radius 3 is 2.05 bits per heavy atom. The third-order valence-corrected chi connectivity index (χ3v) is 3.93. The number of Topliss-reactive ketones (excluding diaryl/α,β-unsaturated/α-hetero) is 2. The van der Waals surface area contributed by atoms with Crippen LogP contribution in [0.2, 0.25) is 0 Å². The maximum atomic E-state index is 12.3. The summed E-state index contributed by atoms with van der Waals surface area (Å²) in [5.41, 5.74) is -1.38. The van der Waals surface area contributed by atoms with Crippen LogP contribution in [0.3, 0.4) is 0 Å². The Morgan fingerprint density at radius 2 is 1.75 bits per heavy atom. The van der Waals surface area contributed by atoms with Crippen LogP contribution >= 0.6 is 0 Å².